The Balaban J connectivity index is 1.39. The number of nitrogens with zero attached hydrogens (tertiary/aromatic N) is 1. The lowest BCUT2D eigenvalue weighted by atomic mass is 10.0. The third kappa shape index (κ3) is 4.41. The summed E-state index contributed by atoms with van der Waals surface area (Å²) in [6.07, 6.45) is 2.96. The highest BCUT2D eigenvalue weighted by Crippen LogP contribution is 2.38. The summed E-state index contributed by atoms with van der Waals surface area (Å²) in [5.74, 6) is 3.24. The van der Waals surface area contributed by atoms with Crippen LogP contribution in [0.1, 0.15) is 36.4 Å². The number of ether oxygens (including phenoxy) is 2. The molecule has 2 aliphatic rings. The summed E-state index contributed by atoms with van der Waals surface area (Å²) in [6, 6.07) is 16.6. The van der Waals surface area contributed by atoms with Gasteiger partial charge in [-0.15, -0.1) is 11.8 Å². The van der Waals surface area contributed by atoms with Gasteiger partial charge in [0.2, 0.25) is 5.91 Å². The molecule has 5 heteroatoms. The predicted octanol–water partition coefficient (Wildman–Crippen LogP) is 4.44. The van der Waals surface area contributed by atoms with Gasteiger partial charge in [0, 0.05) is 18.7 Å². The minimum absolute atomic E-state index is 0.145. The fourth-order valence-electron chi connectivity index (χ4n) is 3.71. The van der Waals surface area contributed by atoms with Gasteiger partial charge in [-0.1, -0.05) is 36.4 Å². The molecule has 0 radical (unpaired) electrons. The summed E-state index contributed by atoms with van der Waals surface area (Å²) in [5.41, 5.74) is 2.41. The van der Waals surface area contributed by atoms with Crippen LogP contribution in [0.2, 0.25) is 0 Å². The molecule has 0 saturated carbocycles. The Hall–Kier alpha value is -2.14. The summed E-state index contributed by atoms with van der Waals surface area (Å²) in [4.78, 5) is 14.9. The van der Waals surface area contributed by atoms with E-state index < -0.39 is 0 Å². The first-order valence-electron chi connectivity index (χ1n) is 9.62. The molecule has 0 aromatic heterocycles. The molecule has 0 N–H and O–H groups in total. The summed E-state index contributed by atoms with van der Waals surface area (Å²) in [7, 11) is 0. The molecule has 2 heterocycles. The first kappa shape index (κ1) is 18.2. The maximum Gasteiger partial charge on any atom is 0.233 e. The Kier molecular flexibility index (Phi) is 5.87. The zero-order valence-corrected chi connectivity index (χ0v) is 16.2. The molecule has 2 aromatic rings. The van der Waals surface area contributed by atoms with Crippen LogP contribution < -0.4 is 9.47 Å². The molecule has 0 aliphatic carbocycles. The molecule has 0 bridgehead atoms. The monoisotopic (exact) mass is 383 g/mol. The molecule has 2 aliphatic heterocycles. The van der Waals surface area contributed by atoms with Gasteiger partial charge in [-0.2, -0.15) is 0 Å². The van der Waals surface area contributed by atoms with Gasteiger partial charge in [-0.05, 0) is 36.1 Å². The van der Waals surface area contributed by atoms with Crippen molar-refractivity contribution < 1.29 is 14.3 Å². The molecule has 0 spiro atoms. The molecule has 1 fully saturated rings. The Labute approximate surface area is 164 Å². The Morgan fingerprint density at radius 2 is 1.85 bits per heavy atom. The Bertz CT molecular complexity index is 780. The summed E-state index contributed by atoms with van der Waals surface area (Å²) in [6.45, 7) is 2.21. The predicted molar refractivity (Wildman–Crippen MR) is 108 cm³/mol. The second-order valence-electron chi connectivity index (χ2n) is 6.98. The van der Waals surface area contributed by atoms with Crippen LogP contribution in [-0.2, 0) is 10.5 Å². The second kappa shape index (κ2) is 8.70. The number of rotatable bonds is 5. The van der Waals surface area contributed by atoms with Crippen molar-refractivity contribution in [3.8, 4) is 11.5 Å². The first-order valence-corrected chi connectivity index (χ1v) is 10.8. The smallest absolute Gasteiger partial charge is 0.233 e. The molecular weight excluding hydrogens is 358 g/mol. The molecule has 1 atom stereocenters. The number of carbonyl (C=O) groups excluding carboxylic acids is 1. The standard InChI is InChI=1S/C22H25NO3S/c24-22(16-27-15-17-6-2-1-3-7-17)23-11-4-8-19(23)18-9-10-20-21(14-18)26-13-5-12-25-20/h1-3,6-7,9-10,14,19H,4-5,8,11-13,15-16H2/t19-/m1/s1. The first-order chi connectivity index (χ1) is 13.3. The van der Waals surface area contributed by atoms with Crippen LogP contribution in [-0.4, -0.2) is 36.3 Å². The van der Waals surface area contributed by atoms with Crippen LogP contribution >= 0.6 is 11.8 Å². The van der Waals surface area contributed by atoms with Crippen LogP contribution in [0.5, 0.6) is 11.5 Å². The van der Waals surface area contributed by atoms with E-state index in [1.807, 2.05) is 29.2 Å². The fraction of sp³-hybridized carbons (Fsp3) is 0.409. The Morgan fingerprint density at radius 1 is 1.04 bits per heavy atom. The van der Waals surface area contributed by atoms with E-state index >= 15 is 0 Å². The van der Waals surface area contributed by atoms with Crippen LogP contribution in [0.3, 0.4) is 0 Å². The lowest BCUT2D eigenvalue weighted by Gasteiger charge is -2.25. The van der Waals surface area contributed by atoms with E-state index in [1.165, 1.54) is 5.56 Å². The number of benzene rings is 2. The second-order valence-corrected chi connectivity index (χ2v) is 7.97. The fourth-order valence-corrected chi connectivity index (χ4v) is 4.58. The Morgan fingerprint density at radius 3 is 2.70 bits per heavy atom. The highest BCUT2D eigenvalue weighted by molar-refractivity contribution is 7.99. The summed E-state index contributed by atoms with van der Waals surface area (Å²) < 4.78 is 11.6. The van der Waals surface area contributed by atoms with Crippen LogP contribution in [0.4, 0.5) is 0 Å². The molecule has 2 aromatic carbocycles. The maximum absolute atomic E-state index is 12.8. The van der Waals surface area contributed by atoms with Gasteiger partial charge in [0.1, 0.15) is 0 Å². The van der Waals surface area contributed by atoms with Gasteiger partial charge in [0.25, 0.3) is 0 Å². The number of carbonyl (C=O) groups is 1. The molecule has 1 saturated heterocycles. The van der Waals surface area contributed by atoms with E-state index in [4.69, 9.17) is 9.47 Å². The zero-order chi connectivity index (χ0) is 18.5. The van der Waals surface area contributed by atoms with Gasteiger partial charge < -0.3 is 14.4 Å². The topological polar surface area (TPSA) is 38.8 Å². The quantitative estimate of drug-likeness (QED) is 0.765. The van der Waals surface area contributed by atoms with Crippen LogP contribution in [0.25, 0.3) is 0 Å². The van der Waals surface area contributed by atoms with E-state index in [2.05, 4.69) is 24.3 Å². The lowest BCUT2D eigenvalue weighted by molar-refractivity contribution is -0.129. The van der Waals surface area contributed by atoms with Crippen LogP contribution in [0, 0.1) is 0 Å². The van der Waals surface area contributed by atoms with Crippen molar-refractivity contribution in [2.24, 2.45) is 0 Å². The van der Waals surface area contributed by atoms with Crippen molar-refractivity contribution >= 4 is 17.7 Å². The average Bonchev–Trinajstić information content (AvgIpc) is 3.07. The van der Waals surface area contributed by atoms with Crippen molar-refractivity contribution in [1.82, 2.24) is 4.90 Å². The number of likely N-dealkylation sites (tertiary alicyclic amines) is 1. The number of hydrogen-bond donors (Lipinski definition) is 0. The molecule has 4 rings (SSSR count). The molecule has 142 valence electrons. The minimum atomic E-state index is 0.145. The molecular formula is C22H25NO3S. The normalized spacial score (nSPS) is 19.0. The van der Waals surface area contributed by atoms with E-state index in [0.717, 1.165) is 48.6 Å². The van der Waals surface area contributed by atoms with E-state index in [1.54, 1.807) is 11.8 Å². The van der Waals surface area contributed by atoms with Crippen molar-refractivity contribution in [2.75, 3.05) is 25.5 Å². The molecule has 4 nitrogen and oxygen atoms in total. The van der Waals surface area contributed by atoms with Crippen molar-refractivity contribution in [2.45, 2.75) is 31.1 Å². The van der Waals surface area contributed by atoms with Crippen molar-refractivity contribution in [3.63, 3.8) is 0 Å². The average molecular weight is 384 g/mol. The SMILES string of the molecule is O=C(CSCc1ccccc1)N1CCC[C@@H]1c1ccc2c(c1)OCCCO2. The highest BCUT2D eigenvalue weighted by atomic mass is 32.2. The zero-order valence-electron chi connectivity index (χ0n) is 15.4. The van der Waals surface area contributed by atoms with E-state index in [9.17, 15) is 4.79 Å². The third-order valence-electron chi connectivity index (χ3n) is 5.07. The number of fused-ring (bicyclic) bond motifs is 1. The number of thioether (sulfide) groups is 1. The number of hydrogen-bond acceptors (Lipinski definition) is 4. The van der Waals surface area contributed by atoms with Gasteiger partial charge in [-0.25, -0.2) is 0 Å². The van der Waals surface area contributed by atoms with Crippen molar-refractivity contribution in [3.05, 3.63) is 59.7 Å². The molecule has 27 heavy (non-hydrogen) atoms. The van der Waals surface area contributed by atoms with E-state index in [0.29, 0.717) is 19.0 Å². The third-order valence-corrected chi connectivity index (χ3v) is 6.06. The van der Waals surface area contributed by atoms with Gasteiger partial charge in [0.15, 0.2) is 11.5 Å². The number of amides is 1. The molecule has 1 amide bonds. The largest absolute Gasteiger partial charge is 0.490 e. The highest BCUT2D eigenvalue weighted by Gasteiger charge is 2.30. The van der Waals surface area contributed by atoms with Crippen molar-refractivity contribution in [1.29, 1.82) is 0 Å². The van der Waals surface area contributed by atoms with Gasteiger partial charge in [-0.3, -0.25) is 4.79 Å². The van der Waals surface area contributed by atoms with E-state index in [-0.39, 0.29) is 11.9 Å². The maximum atomic E-state index is 12.8. The minimum Gasteiger partial charge on any atom is -0.490 e. The lowest BCUT2D eigenvalue weighted by Crippen LogP contribution is -2.32. The summed E-state index contributed by atoms with van der Waals surface area (Å²) >= 11 is 1.69. The van der Waals surface area contributed by atoms with Crippen LogP contribution in [0.15, 0.2) is 48.5 Å². The molecule has 0 unspecified atom stereocenters. The summed E-state index contributed by atoms with van der Waals surface area (Å²) in [5, 5.41) is 0. The van der Waals surface area contributed by atoms with Gasteiger partial charge >= 0.3 is 0 Å². The van der Waals surface area contributed by atoms with Gasteiger partial charge in [0.05, 0.1) is 25.0 Å².